The van der Waals surface area contributed by atoms with Gasteiger partial charge in [0.2, 0.25) is 5.91 Å². The number of rotatable bonds is 5. The molecule has 2 aromatic carbocycles. The number of ether oxygens (including phenoxy) is 1. The predicted octanol–water partition coefficient (Wildman–Crippen LogP) is 4.88. The van der Waals surface area contributed by atoms with Gasteiger partial charge in [0, 0.05) is 23.9 Å². The lowest BCUT2D eigenvalue weighted by Gasteiger charge is -2.35. The van der Waals surface area contributed by atoms with Crippen LogP contribution in [-0.4, -0.2) is 17.2 Å². The molecule has 1 atom stereocenters. The molecule has 0 saturated carbocycles. The first-order chi connectivity index (χ1) is 13.3. The van der Waals surface area contributed by atoms with Crippen molar-refractivity contribution in [2.75, 3.05) is 0 Å². The van der Waals surface area contributed by atoms with E-state index < -0.39 is 0 Å². The van der Waals surface area contributed by atoms with Gasteiger partial charge in [0.15, 0.2) is 5.78 Å². The van der Waals surface area contributed by atoms with Crippen LogP contribution in [0.4, 0.5) is 0 Å². The number of amides is 1. The lowest BCUT2D eigenvalue weighted by Crippen LogP contribution is -2.50. The maximum Gasteiger partial charge on any atom is 0.220 e. The summed E-state index contributed by atoms with van der Waals surface area (Å²) < 4.78 is 5.74. The molecule has 2 aromatic rings. The average molecular weight is 397 g/mol. The summed E-state index contributed by atoms with van der Waals surface area (Å²) in [6.07, 6.45) is 1.41. The van der Waals surface area contributed by atoms with Crippen molar-refractivity contribution in [2.24, 2.45) is 5.92 Å². The third-order valence-corrected chi connectivity index (χ3v) is 5.00. The smallest absolute Gasteiger partial charge is 0.220 e. The van der Waals surface area contributed by atoms with Gasteiger partial charge in [0.05, 0.1) is 10.6 Å². The van der Waals surface area contributed by atoms with Gasteiger partial charge >= 0.3 is 0 Å². The Morgan fingerprint density at radius 2 is 2.04 bits per heavy atom. The third kappa shape index (κ3) is 4.71. The number of ketones is 1. The van der Waals surface area contributed by atoms with Crippen molar-refractivity contribution < 1.29 is 14.3 Å². The maximum absolute atomic E-state index is 12.7. The number of carbonyl (C=O) groups excluding carboxylic acids is 2. The zero-order chi connectivity index (χ0) is 20.3. The molecule has 1 fully saturated rings. The Morgan fingerprint density at radius 1 is 1.29 bits per heavy atom. The van der Waals surface area contributed by atoms with Crippen molar-refractivity contribution in [1.29, 1.82) is 5.26 Å². The molecule has 0 spiro atoms. The van der Waals surface area contributed by atoms with Gasteiger partial charge in [-0.25, -0.2) is 0 Å². The first-order valence-corrected chi connectivity index (χ1v) is 9.46. The minimum atomic E-state index is -0.302. The zero-order valence-electron chi connectivity index (χ0n) is 15.8. The van der Waals surface area contributed by atoms with Gasteiger partial charge in [-0.3, -0.25) is 9.59 Å². The first kappa shape index (κ1) is 19.9. The first-order valence-electron chi connectivity index (χ1n) is 9.08. The molecule has 1 heterocycles. The third-order valence-electron chi connectivity index (χ3n) is 4.71. The second-order valence-electron chi connectivity index (χ2n) is 7.69. The molecule has 1 amide bonds. The van der Waals surface area contributed by atoms with Gasteiger partial charge in [-0.05, 0) is 56.5 Å². The number of para-hydroxylation sites is 1. The summed E-state index contributed by atoms with van der Waals surface area (Å²) in [5, 5.41) is 12.4. The monoisotopic (exact) mass is 396 g/mol. The molecule has 1 N–H and O–H groups in total. The molecule has 144 valence electrons. The summed E-state index contributed by atoms with van der Waals surface area (Å²) in [5.74, 6) is 0.711. The molecule has 0 aromatic heterocycles. The van der Waals surface area contributed by atoms with Crippen molar-refractivity contribution >= 4 is 23.3 Å². The lowest BCUT2D eigenvalue weighted by molar-refractivity contribution is -0.126. The molecular formula is C22H21ClN2O3. The molecule has 1 aliphatic rings. The van der Waals surface area contributed by atoms with E-state index in [0.717, 1.165) is 6.42 Å². The summed E-state index contributed by atoms with van der Waals surface area (Å²) in [6, 6.07) is 13.8. The van der Waals surface area contributed by atoms with Crippen LogP contribution in [0.5, 0.6) is 11.5 Å². The lowest BCUT2D eigenvalue weighted by atomic mass is 9.81. The largest absolute Gasteiger partial charge is 0.454 e. The van der Waals surface area contributed by atoms with Crippen LogP contribution in [-0.2, 0) is 4.79 Å². The van der Waals surface area contributed by atoms with E-state index in [1.165, 1.54) is 0 Å². The van der Waals surface area contributed by atoms with Crippen LogP contribution in [0.3, 0.4) is 0 Å². The summed E-state index contributed by atoms with van der Waals surface area (Å²) in [5.41, 5.74) is 0.579. The highest BCUT2D eigenvalue weighted by atomic mass is 35.5. The molecule has 1 unspecified atom stereocenters. The fourth-order valence-electron chi connectivity index (χ4n) is 3.58. The van der Waals surface area contributed by atoms with Crippen LogP contribution in [0, 0.1) is 17.2 Å². The average Bonchev–Trinajstić information content (AvgIpc) is 2.62. The predicted molar refractivity (Wildman–Crippen MR) is 107 cm³/mol. The van der Waals surface area contributed by atoms with Crippen molar-refractivity contribution in [3.8, 4) is 17.6 Å². The molecule has 3 rings (SSSR count). The highest BCUT2D eigenvalue weighted by molar-refractivity contribution is 6.32. The topological polar surface area (TPSA) is 79.2 Å². The SMILES string of the molecule is CC1(C)CC(CC(=O)c2ccc(Oc3ccccc3C#N)c(Cl)c2)CC(=O)N1. The highest BCUT2D eigenvalue weighted by Gasteiger charge is 2.33. The molecule has 28 heavy (non-hydrogen) atoms. The fraction of sp³-hybridized carbons (Fsp3) is 0.318. The minimum Gasteiger partial charge on any atom is -0.454 e. The number of hydrogen-bond donors (Lipinski definition) is 1. The number of Topliss-reactive ketones (excluding diaryl/α,β-unsaturated/α-hetero) is 1. The molecule has 0 aliphatic carbocycles. The van der Waals surface area contributed by atoms with Crippen LogP contribution in [0.15, 0.2) is 42.5 Å². The quantitative estimate of drug-likeness (QED) is 0.730. The number of hydrogen-bond acceptors (Lipinski definition) is 4. The van der Waals surface area contributed by atoms with E-state index in [-0.39, 0.29) is 23.1 Å². The van der Waals surface area contributed by atoms with Gasteiger partial charge in [-0.2, -0.15) is 5.26 Å². The Balaban J connectivity index is 1.72. The molecular weight excluding hydrogens is 376 g/mol. The van der Waals surface area contributed by atoms with Crippen LogP contribution in [0.25, 0.3) is 0 Å². The van der Waals surface area contributed by atoms with Gasteiger partial charge in [0.25, 0.3) is 0 Å². The number of benzene rings is 2. The summed E-state index contributed by atoms with van der Waals surface area (Å²) in [6.45, 7) is 3.92. The minimum absolute atomic E-state index is 0.00783. The van der Waals surface area contributed by atoms with E-state index in [2.05, 4.69) is 11.4 Å². The second kappa shape index (κ2) is 8.04. The number of carbonyl (C=O) groups is 2. The molecule has 1 saturated heterocycles. The Labute approximate surface area is 169 Å². The summed E-state index contributed by atoms with van der Waals surface area (Å²) >= 11 is 6.31. The van der Waals surface area contributed by atoms with E-state index >= 15 is 0 Å². The number of halogens is 1. The Morgan fingerprint density at radius 3 is 2.71 bits per heavy atom. The van der Waals surface area contributed by atoms with E-state index in [1.807, 2.05) is 13.8 Å². The van der Waals surface area contributed by atoms with Gasteiger partial charge in [-0.15, -0.1) is 0 Å². The van der Waals surface area contributed by atoms with Crippen molar-refractivity contribution in [3.63, 3.8) is 0 Å². The second-order valence-corrected chi connectivity index (χ2v) is 8.10. The van der Waals surface area contributed by atoms with Crippen LogP contribution in [0.1, 0.15) is 49.0 Å². The molecule has 5 nitrogen and oxygen atoms in total. The van der Waals surface area contributed by atoms with Crippen molar-refractivity contribution in [2.45, 2.75) is 38.6 Å². The van der Waals surface area contributed by atoms with Crippen LogP contribution < -0.4 is 10.1 Å². The molecule has 0 bridgehead atoms. The van der Waals surface area contributed by atoms with Crippen molar-refractivity contribution in [1.82, 2.24) is 5.32 Å². The van der Waals surface area contributed by atoms with E-state index in [0.29, 0.717) is 40.5 Å². The van der Waals surface area contributed by atoms with E-state index in [4.69, 9.17) is 21.6 Å². The van der Waals surface area contributed by atoms with Crippen LogP contribution >= 0.6 is 11.6 Å². The number of nitrogens with zero attached hydrogens (tertiary/aromatic N) is 1. The highest BCUT2D eigenvalue weighted by Crippen LogP contribution is 2.33. The van der Waals surface area contributed by atoms with Crippen LogP contribution in [0.2, 0.25) is 5.02 Å². The van der Waals surface area contributed by atoms with E-state index in [9.17, 15) is 9.59 Å². The zero-order valence-corrected chi connectivity index (χ0v) is 16.5. The standard InChI is InChI=1S/C22H21ClN2O3/c1-22(2)12-14(10-21(27)25-22)9-18(26)15-7-8-20(17(23)11-15)28-19-6-4-3-5-16(19)13-24/h3-8,11,14H,9-10,12H2,1-2H3,(H,25,27). The number of nitrogens with one attached hydrogen (secondary N) is 1. The molecule has 6 heteroatoms. The Bertz CT molecular complexity index is 962. The molecule has 1 aliphatic heterocycles. The van der Waals surface area contributed by atoms with E-state index in [1.54, 1.807) is 42.5 Å². The van der Waals surface area contributed by atoms with Gasteiger partial charge < -0.3 is 10.1 Å². The number of nitriles is 1. The number of piperidine rings is 1. The summed E-state index contributed by atoms with van der Waals surface area (Å²) in [7, 11) is 0. The normalized spacial score (nSPS) is 18.1. The van der Waals surface area contributed by atoms with Crippen molar-refractivity contribution in [3.05, 3.63) is 58.6 Å². The van der Waals surface area contributed by atoms with Gasteiger partial charge in [0.1, 0.15) is 17.6 Å². The fourth-order valence-corrected chi connectivity index (χ4v) is 3.80. The maximum atomic E-state index is 12.7. The Hall–Kier alpha value is -2.84. The molecule has 0 radical (unpaired) electrons. The summed E-state index contributed by atoms with van der Waals surface area (Å²) in [4.78, 5) is 24.5. The van der Waals surface area contributed by atoms with Gasteiger partial charge in [-0.1, -0.05) is 23.7 Å². The Kier molecular flexibility index (Phi) is 5.71.